The fourth-order valence-corrected chi connectivity index (χ4v) is 5.59. The van der Waals surface area contributed by atoms with E-state index in [-0.39, 0.29) is 39.6 Å². The van der Waals surface area contributed by atoms with Gasteiger partial charge in [0, 0.05) is 49.1 Å². The van der Waals surface area contributed by atoms with E-state index in [0.29, 0.717) is 22.2 Å². The molecule has 1 saturated heterocycles. The molecule has 0 amide bonds. The summed E-state index contributed by atoms with van der Waals surface area (Å²) in [5, 5.41) is 34.0. The number of anilines is 1. The average Bonchev–Trinajstić information content (AvgIpc) is 3.60. The van der Waals surface area contributed by atoms with Crippen LogP contribution in [0.3, 0.4) is 0 Å². The number of hydrogen-bond acceptors (Lipinski definition) is 7. The maximum atomic E-state index is 15.1. The molecule has 192 valence electrons. The quantitative estimate of drug-likeness (QED) is 0.236. The lowest BCUT2D eigenvalue weighted by Gasteiger charge is -2.29. The van der Waals surface area contributed by atoms with Crippen molar-refractivity contribution >= 4 is 45.0 Å². The van der Waals surface area contributed by atoms with Crippen LogP contribution in [0.2, 0.25) is 0 Å². The minimum absolute atomic E-state index is 0. The Morgan fingerprint density at radius 3 is 2.58 bits per heavy atom. The molecule has 0 aliphatic carbocycles. The summed E-state index contributed by atoms with van der Waals surface area (Å²) in [7, 11) is 0. The second kappa shape index (κ2) is 10.5. The van der Waals surface area contributed by atoms with Crippen molar-refractivity contribution in [3.8, 4) is 44.8 Å². The second-order valence-electron chi connectivity index (χ2n) is 9.00. The Bertz CT molecular complexity index is 1650. The highest BCUT2D eigenvalue weighted by Gasteiger charge is 2.25. The number of phenolic OH excluding ortho intramolecular Hbond substituents is 1. The summed E-state index contributed by atoms with van der Waals surface area (Å²) >= 11 is 1.56. The largest absolute Gasteiger partial charge is 0.508 e. The first-order valence-corrected chi connectivity index (χ1v) is 12.8. The smallest absolute Gasteiger partial charge is 0.182 e. The number of phenols is 1. The van der Waals surface area contributed by atoms with Gasteiger partial charge >= 0.3 is 0 Å². The van der Waals surface area contributed by atoms with E-state index in [1.807, 2.05) is 29.6 Å². The van der Waals surface area contributed by atoms with Gasteiger partial charge in [0.1, 0.15) is 17.6 Å². The Morgan fingerprint density at radius 1 is 1.13 bits per heavy atom. The maximum absolute atomic E-state index is 15.1. The molecule has 38 heavy (non-hydrogen) atoms. The molecule has 6 rings (SSSR count). The topological polar surface area (TPSA) is 101 Å². The fourth-order valence-electron chi connectivity index (χ4n) is 4.86. The van der Waals surface area contributed by atoms with Gasteiger partial charge in [0.05, 0.1) is 27.2 Å². The molecule has 0 unspecified atom stereocenters. The van der Waals surface area contributed by atoms with E-state index >= 15 is 4.39 Å². The Balaban J connectivity index is 0.00000294. The number of rotatable bonds is 4. The van der Waals surface area contributed by atoms with Crippen LogP contribution in [0.1, 0.15) is 11.1 Å². The third kappa shape index (κ3) is 4.43. The number of nitrogens with one attached hydrogen (secondary N) is 2. The van der Waals surface area contributed by atoms with Gasteiger partial charge in [0.2, 0.25) is 0 Å². The summed E-state index contributed by atoms with van der Waals surface area (Å²) in [6, 6.07) is 16.9. The molecular weight excluding hydrogens is 567 g/mol. The van der Waals surface area contributed by atoms with Crippen LogP contribution >= 0.6 is 28.3 Å². The molecule has 0 spiro atoms. The highest BCUT2D eigenvalue weighted by molar-refractivity contribution is 8.93. The number of H-pyrrole nitrogens is 1. The zero-order valence-corrected chi connectivity index (χ0v) is 23.0. The number of pyridine rings is 1. The molecule has 5 aromatic rings. The lowest BCUT2D eigenvalue weighted by atomic mass is 9.92. The molecule has 3 aromatic heterocycles. The van der Waals surface area contributed by atoms with Crippen molar-refractivity contribution in [3.63, 3.8) is 0 Å². The van der Waals surface area contributed by atoms with Gasteiger partial charge in [0.15, 0.2) is 5.65 Å². The molecular formula is C28H24BrFN6OS. The lowest BCUT2D eigenvalue weighted by molar-refractivity contribution is 0.465. The fraction of sp³-hybridized carbons (Fsp3) is 0.179. The molecule has 1 aliphatic rings. The van der Waals surface area contributed by atoms with Crippen LogP contribution in [0, 0.1) is 24.1 Å². The monoisotopic (exact) mass is 590 g/mol. The van der Waals surface area contributed by atoms with Gasteiger partial charge in [-0.15, -0.1) is 28.3 Å². The summed E-state index contributed by atoms with van der Waals surface area (Å²) in [6.07, 6.45) is 0. The van der Waals surface area contributed by atoms with E-state index in [0.717, 1.165) is 54.1 Å². The number of hydrogen-bond donors (Lipinski definition) is 3. The van der Waals surface area contributed by atoms with Crippen LogP contribution in [0.25, 0.3) is 44.0 Å². The number of nitriles is 1. The third-order valence-electron chi connectivity index (χ3n) is 6.76. The van der Waals surface area contributed by atoms with Crippen LogP contribution in [-0.4, -0.2) is 46.5 Å². The van der Waals surface area contributed by atoms with Gasteiger partial charge in [-0.2, -0.15) is 10.4 Å². The number of aromatic hydroxyl groups is 1. The number of thiophene rings is 1. The molecule has 0 atom stereocenters. The number of fused-ring (bicyclic) bond motifs is 1. The van der Waals surface area contributed by atoms with Crippen molar-refractivity contribution in [3.05, 3.63) is 70.9 Å². The molecule has 2 aromatic carbocycles. The number of piperazine rings is 1. The van der Waals surface area contributed by atoms with Gasteiger partial charge < -0.3 is 15.3 Å². The van der Waals surface area contributed by atoms with Gasteiger partial charge in [0.25, 0.3) is 0 Å². The van der Waals surface area contributed by atoms with Crippen molar-refractivity contribution < 1.29 is 9.50 Å². The standard InChI is InChI=1S/C28H23FN6OS.BrH/c1-16-13-19(21(29)14-22(16)36)26-20(15-30)24(17-4-6-18(7-5-17)35-10-8-31-9-11-35)25-27(23-3-2-12-37-23)33-34-28(25)32-26;/h2-7,12-14,31,36H,8-11H2,1H3,(H,32,33,34);1H. The van der Waals surface area contributed by atoms with Crippen LogP contribution in [0.5, 0.6) is 5.75 Å². The normalized spacial score (nSPS) is 13.3. The minimum Gasteiger partial charge on any atom is -0.508 e. The SMILES string of the molecule is Br.Cc1cc(-c2nc3n[nH]c(-c4cccs4)c3c(-c3ccc(N4CCNCC4)cc3)c2C#N)c(F)cc1O. The van der Waals surface area contributed by atoms with Crippen LogP contribution < -0.4 is 10.2 Å². The summed E-state index contributed by atoms with van der Waals surface area (Å²) in [5.74, 6) is -0.801. The number of halogens is 2. The van der Waals surface area contributed by atoms with E-state index in [4.69, 9.17) is 0 Å². The zero-order valence-electron chi connectivity index (χ0n) is 20.5. The second-order valence-corrected chi connectivity index (χ2v) is 9.95. The van der Waals surface area contributed by atoms with Gasteiger partial charge in [-0.3, -0.25) is 5.10 Å². The van der Waals surface area contributed by atoms with Crippen molar-refractivity contribution in [1.29, 1.82) is 5.26 Å². The van der Waals surface area contributed by atoms with Gasteiger partial charge in [-0.05, 0) is 47.7 Å². The van der Waals surface area contributed by atoms with E-state index < -0.39 is 5.82 Å². The van der Waals surface area contributed by atoms with Crippen molar-refractivity contribution in [2.24, 2.45) is 0 Å². The molecule has 0 bridgehead atoms. The first kappa shape index (κ1) is 25.9. The van der Waals surface area contributed by atoms with E-state index in [2.05, 4.69) is 43.6 Å². The molecule has 7 nitrogen and oxygen atoms in total. The van der Waals surface area contributed by atoms with E-state index in [1.54, 1.807) is 18.3 Å². The summed E-state index contributed by atoms with van der Waals surface area (Å²) < 4.78 is 15.1. The molecule has 0 saturated carbocycles. The van der Waals surface area contributed by atoms with Gasteiger partial charge in [-0.1, -0.05) is 18.2 Å². The molecule has 4 heterocycles. The summed E-state index contributed by atoms with van der Waals surface area (Å²) in [5.41, 5.74) is 4.83. The van der Waals surface area contributed by atoms with Crippen molar-refractivity contribution in [1.82, 2.24) is 20.5 Å². The summed E-state index contributed by atoms with van der Waals surface area (Å²) in [6.45, 7) is 5.41. The van der Waals surface area contributed by atoms with Crippen LogP contribution in [0.15, 0.2) is 53.9 Å². The Morgan fingerprint density at radius 2 is 1.89 bits per heavy atom. The first-order chi connectivity index (χ1) is 18.0. The maximum Gasteiger partial charge on any atom is 0.182 e. The zero-order chi connectivity index (χ0) is 25.5. The molecule has 1 fully saturated rings. The molecule has 0 radical (unpaired) electrons. The highest BCUT2D eigenvalue weighted by Crippen LogP contribution is 2.42. The Hall–Kier alpha value is -3.78. The lowest BCUT2D eigenvalue weighted by Crippen LogP contribution is -2.43. The number of aromatic amines is 1. The minimum atomic E-state index is -0.652. The number of nitrogens with zero attached hydrogens (tertiary/aromatic N) is 4. The molecule has 3 N–H and O–H groups in total. The van der Waals surface area contributed by atoms with Crippen molar-refractivity contribution in [2.75, 3.05) is 31.1 Å². The van der Waals surface area contributed by atoms with Crippen LogP contribution in [-0.2, 0) is 0 Å². The molecule has 10 heteroatoms. The number of aromatic nitrogens is 3. The van der Waals surface area contributed by atoms with E-state index in [9.17, 15) is 10.4 Å². The van der Waals surface area contributed by atoms with Crippen molar-refractivity contribution in [2.45, 2.75) is 6.92 Å². The predicted molar refractivity (Wildman–Crippen MR) is 155 cm³/mol. The average molecular weight is 592 g/mol. The highest BCUT2D eigenvalue weighted by atomic mass is 79.9. The Labute approximate surface area is 233 Å². The first-order valence-electron chi connectivity index (χ1n) is 12.0. The number of aryl methyl sites for hydroxylation is 1. The molecule has 1 aliphatic heterocycles. The van der Waals surface area contributed by atoms with E-state index in [1.165, 1.54) is 6.07 Å². The Kier molecular flexibility index (Phi) is 7.17. The predicted octanol–water partition coefficient (Wildman–Crippen LogP) is 6.03. The number of benzene rings is 2. The van der Waals surface area contributed by atoms with Crippen LogP contribution in [0.4, 0.5) is 10.1 Å². The third-order valence-corrected chi connectivity index (χ3v) is 7.65. The summed E-state index contributed by atoms with van der Waals surface area (Å²) in [4.78, 5) is 7.94. The van der Waals surface area contributed by atoms with Gasteiger partial charge in [-0.25, -0.2) is 9.37 Å².